The van der Waals surface area contributed by atoms with Crippen LogP contribution in [-0.2, 0) is 4.79 Å². The zero-order valence-corrected chi connectivity index (χ0v) is 23.1. The van der Waals surface area contributed by atoms with E-state index in [1.54, 1.807) is 0 Å². The van der Waals surface area contributed by atoms with Gasteiger partial charge in [0.05, 0.1) is 18.8 Å². The number of unbranched alkanes of at least 4 members (excludes halogenated alkanes) is 17. The molecule has 4 atom stereocenters. The molecular weight excluding hydrogens is 442 g/mol. The summed E-state index contributed by atoms with van der Waals surface area (Å²) in [4.78, 5) is 12.3. The minimum Gasteiger partial charge on any atom is -0.394 e. The number of hydrogen-bond acceptors (Lipinski definition) is 5. The minimum absolute atomic E-state index is 0.373. The highest BCUT2D eigenvalue weighted by Crippen LogP contribution is 2.15. The Morgan fingerprint density at radius 2 is 0.971 bits per heavy atom. The molecule has 0 aliphatic heterocycles. The van der Waals surface area contributed by atoms with Crippen molar-refractivity contribution in [2.75, 3.05) is 6.61 Å². The van der Waals surface area contributed by atoms with Crippen LogP contribution in [-0.4, -0.2) is 57.3 Å². The summed E-state index contributed by atoms with van der Waals surface area (Å²) in [6.07, 6.45) is 19.9. The monoisotopic (exact) mass is 501 g/mol. The summed E-state index contributed by atoms with van der Waals surface area (Å²) < 4.78 is 0. The maximum absolute atomic E-state index is 12.3. The van der Waals surface area contributed by atoms with Gasteiger partial charge in [0.1, 0.15) is 12.2 Å². The number of carbonyl (C=O) groups excluding carboxylic acids is 1. The zero-order chi connectivity index (χ0) is 26.2. The molecule has 0 spiro atoms. The topological polar surface area (TPSA) is 110 Å². The highest BCUT2D eigenvalue weighted by Gasteiger charge is 2.28. The number of aliphatic hydroxyl groups is 4. The lowest BCUT2D eigenvalue weighted by atomic mass is 9.99. The van der Waals surface area contributed by atoms with E-state index in [-0.39, 0.29) is 0 Å². The van der Waals surface area contributed by atoms with Crippen molar-refractivity contribution >= 4 is 5.91 Å². The number of aliphatic hydroxyl groups excluding tert-OH is 4. The van der Waals surface area contributed by atoms with Crippen molar-refractivity contribution in [3.05, 3.63) is 0 Å². The Hall–Kier alpha value is -0.690. The van der Waals surface area contributed by atoms with Gasteiger partial charge in [-0.1, -0.05) is 136 Å². The molecule has 5 N–H and O–H groups in total. The predicted octanol–water partition coefficient (Wildman–Crippen LogP) is 5.78. The van der Waals surface area contributed by atoms with Crippen molar-refractivity contribution in [1.82, 2.24) is 5.32 Å². The predicted molar refractivity (Wildman–Crippen MR) is 145 cm³/mol. The maximum atomic E-state index is 12.3. The molecule has 0 heterocycles. The molecule has 0 aromatic rings. The normalized spacial score (nSPS) is 15.0. The lowest BCUT2D eigenvalue weighted by Gasteiger charge is -2.27. The molecule has 4 unspecified atom stereocenters. The number of nitrogens with one attached hydrogen (secondary N) is 1. The van der Waals surface area contributed by atoms with Crippen LogP contribution in [0.2, 0.25) is 0 Å². The van der Waals surface area contributed by atoms with Crippen LogP contribution < -0.4 is 5.32 Å². The van der Waals surface area contributed by atoms with Crippen LogP contribution in [0.1, 0.15) is 149 Å². The van der Waals surface area contributed by atoms with Gasteiger partial charge in [-0.25, -0.2) is 0 Å². The van der Waals surface area contributed by atoms with Gasteiger partial charge >= 0.3 is 0 Å². The number of amides is 1. The summed E-state index contributed by atoms with van der Waals surface area (Å²) in [7, 11) is 0. The van der Waals surface area contributed by atoms with E-state index >= 15 is 0 Å². The fourth-order valence-corrected chi connectivity index (χ4v) is 4.58. The molecule has 0 bridgehead atoms. The molecule has 6 heteroatoms. The first-order chi connectivity index (χ1) is 17.0. The molecule has 35 heavy (non-hydrogen) atoms. The quantitative estimate of drug-likeness (QED) is 0.0965. The van der Waals surface area contributed by atoms with Crippen LogP contribution in [0.25, 0.3) is 0 Å². The van der Waals surface area contributed by atoms with Crippen LogP contribution in [0, 0.1) is 0 Å². The van der Waals surface area contributed by atoms with Gasteiger partial charge in [-0.15, -0.1) is 0 Å². The second-order valence-electron chi connectivity index (χ2n) is 10.5. The first kappa shape index (κ1) is 34.3. The zero-order valence-electron chi connectivity index (χ0n) is 23.1. The van der Waals surface area contributed by atoms with Crippen LogP contribution in [0.15, 0.2) is 0 Å². The molecule has 6 nitrogen and oxygen atoms in total. The van der Waals surface area contributed by atoms with Crippen molar-refractivity contribution in [2.45, 2.75) is 173 Å². The summed E-state index contributed by atoms with van der Waals surface area (Å²) in [6, 6.07) is -0.974. The average Bonchev–Trinajstić information content (AvgIpc) is 2.86. The Bertz CT molecular complexity index is 462. The van der Waals surface area contributed by atoms with Gasteiger partial charge in [0.25, 0.3) is 0 Å². The van der Waals surface area contributed by atoms with E-state index in [9.17, 15) is 25.2 Å². The second-order valence-corrected chi connectivity index (χ2v) is 10.5. The number of carbonyl (C=O) groups is 1. The molecule has 0 rings (SSSR count). The molecule has 0 saturated heterocycles. The smallest absolute Gasteiger partial charge is 0.249 e. The summed E-state index contributed by atoms with van der Waals surface area (Å²) in [5, 5.41) is 42.9. The van der Waals surface area contributed by atoms with Crippen LogP contribution >= 0.6 is 0 Å². The van der Waals surface area contributed by atoms with Gasteiger partial charge in [0.15, 0.2) is 0 Å². The van der Waals surface area contributed by atoms with E-state index in [0.29, 0.717) is 12.8 Å². The van der Waals surface area contributed by atoms with Crippen molar-refractivity contribution in [1.29, 1.82) is 0 Å². The van der Waals surface area contributed by atoms with E-state index in [0.717, 1.165) is 38.5 Å². The molecule has 1 amide bonds. The lowest BCUT2D eigenvalue weighted by Crippen LogP contribution is -2.53. The van der Waals surface area contributed by atoms with E-state index in [4.69, 9.17) is 0 Å². The van der Waals surface area contributed by atoms with Crippen molar-refractivity contribution < 1.29 is 25.2 Å². The number of rotatable bonds is 26. The Morgan fingerprint density at radius 3 is 1.37 bits per heavy atom. The molecule has 210 valence electrons. The van der Waals surface area contributed by atoms with E-state index in [1.807, 2.05) is 0 Å². The van der Waals surface area contributed by atoms with E-state index in [2.05, 4.69) is 19.2 Å². The third-order valence-electron chi connectivity index (χ3n) is 7.07. The molecule has 0 saturated carbocycles. The van der Waals surface area contributed by atoms with Crippen molar-refractivity contribution in [3.8, 4) is 0 Å². The Balaban J connectivity index is 3.91. The molecule has 0 aliphatic carbocycles. The Kier molecular flexibility index (Phi) is 24.5. The molecular formula is C29H59NO5. The maximum Gasteiger partial charge on any atom is 0.249 e. The average molecular weight is 502 g/mol. The largest absolute Gasteiger partial charge is 0.394 e. The molecule has 0 aromatic heterocycles. The highest BCUT2D eigenvalue weighted by molar-refractivity contribution is 5.80. The first-order valence-corrected chi connectivity index (χ1v) is 14.9. The molecule has 0 aromatic carbocycles. The number of hydrogen-bond donors (Lipinski definition) is 5. The fourth-order valence-electron chi connectivity index (χ4n) is 4.58. The SMILES string of the molecule is CCCCCCCCCCCCCC(O)C(=O)NC(CO)C(O)C(O)CCCCCCCCCC. The highest BCUT2D eigenvalue weighted by atomic mass is 16.3. The summed E-state index contributed by atoms with van der Waals surface area (Å²) in [5.74, 6) is -0.588. The first-order valence-electron chi connectivity index (χ1n) is 14.9. The third-order valence-corrected chi connectivity index (χ3v) is 7.07. The van der Waals surface area contributed by atoms with E-state index < -0.39 is 36.9 Å². The van der Waals surface area contributed by atoms with Gasteiger partial charge < -0.3 is 25.7 Å². The third kappa shape index (κ3) is 20.1. The summed E-state index contributed by atoms with van der Waals surface area (Å²) in [6.45, 7) is 3.96. The van der Waals surface area contributed by atoms with Crippen LogP contribution in [0.5, 0.6) is 0 Å². The second kappa shape index (κ2) is 25.0. The minimum atomic E-state index is -1.25. The van der Waals surface area contributed by atoms with E-state index in [1.165, 1.54) is 83.5 Å². The molecule has 0 fully saturated rings. The molecule has 0 radical (unpaired) electrons. The van der Waals surface area contributed by atoms with Gasteiger partial charge in [-0.3, -0.25) is 4.79 Å². The van der Waals surface area contributed by atoms with Crippen molar-refractivity contribution in [2.24, 2.45) is 0 Å². The fraction of sp³-hybridized carbons (Fsp3) is 0.966. The van der Waals surface area contributed by atoms with Gasteiger partial charge in [0.2, 0.25) is 5.91 Å². The Labute approximate surface area is 216 Å². The van der Waals surface area contributed by atoms with Gasteiger partial charge in [-0.05, 0) is 12.8 Å². The van der Waals surface area contributed by atoms with Crippen molar-refractivity contribution in [3.63, 3.8) is 0 Å². The van der Waals surface area contributed by atoms with Crippen LogP contribution in [0.3, 0.4) is 0 Å². The Morgan fingerprint density at radius 1 is 0.600 bits per heavy atom. The summed E-state index contributed by atoms with van der Waals surface area (Å²) in [5.41, 5.74) is 0. The molecule has 0 aliphatic rings. The van der Waals surface area contributed by atoms with Gasteiger partial charge in [0, 0.05) is 0 Å². The standard InChI is InChI=1S/C29H59NO5/c1-3-5-7-9-11-13-14-15-17-19-21-23-27(33)29(35)30-25(24-31)28(34)26(32)22-20-18-16-12-10-8-6-4-2/h25-28,31-34H,3-24H2,1-2H3,(H,30,35). The van der Waals surface area contributed by atoms with Gasteiger partial charge in [-0.2, -0.15) is 0 Å². The summed E-state index contributed by atoms with van der Waals surface area (Å²) >= 11 is 0. The van der Waals surface area contributed by atoms with Crippen LogP contribution in [0.4, 0.5) is 0 Å². The lowest BCUT2D eigenvalue weighted by molar-refractivity contribution is -0.132.